The van der Waals surface area contributed by atoms with Gasteiger partial charge in [-0.15, -0.1) is 0 Å². The van der Waals surface area contributed by atoms with Crippen LogP contribution < -0.4 is 0 Å². The minimum absolute atomic E-state index is 0.377. The first-order chi connectivity index (χ1) is 6.77. The fraction of sp³-hybridized carbons (Fsp3) is 0.923. The Kier molecular flexibility index (Phi) is 5.92. The summed E-state index contributed by atoms with van der Waals surface area (Å²) in [5.41, 5.74) is 0. The number of hydrogen-bond donors (Lipinski definition) is 0. The predicted molar refractivity (Wildman–Crippen MR) is 69.5 cm³/mol. The maximum Gasteiger partial charge on any atom is 0.102 e. The Labute approximate surface area is 95.8 Å². The van der Waals surface area contributed by atoms with Crippen molar-refractivity contribution in [1.29, 1.82) is 0 Å². The summed E-state index contributed by atoms with van der Waals surface area (Å²) in [4.78, 5) is 7.18. The molecule has 90 valence electrons. The van der Waals surface area contributed by atoms with Crippen molar-refractivity contribution in [2.24, 2.45) is 10.9 Å². The fourth-order valence-corrected chi connectivity index (χ4v) is 1.90. The van der Waals surface area contributed by atoms with Gasteiger partial charge >= 0.3 is 0 Å². The van der Waals surface area contributed by atoms with E-state index in [1.807, 2.05) is 0 Å². The Hall–Kier alpha value is -0.530. The van der Waals surface area contributed by atoms with Crippen molar-refractivity contribution < 1.29 is 0 Å². The third-order valence-electron chi connectivity index (χ3n) is 2.28. The first-order valence-electron chi connectivity index (χ1n) is 6.13. The van der Waals surface area contributed by atoms with Crippen LogP contribution in [0.3, 0.4) is 0 Å². The van der Waals surface area contributed by atoms with Crippen LogP contribution >= 0.6 is 0 Å². The molecule has 15 heavy (non-hydrogen) atoms. The molecule has 0 aromatic carbocycles. The molecule has 0 bridgehead atoms. The van der Waals surface area contributed by atoms with Crippen molar-refractivity contribution in [3.8, 4) is 0 Å². The summed E-state index contributed by atoms with van der Waals surface area (Å²) in [6.07, 6.45) is 0. The summed E-state index contributed by atoms with van der Waals surface area (Å²) >= 11 is 0. The van der Waals surface area contributed by atoms with Gasteiger partial charge in [-0.3, -0.25) is 4.99 Å². The van der Waals surface area contributed by atoms with Crippen LogP contribution in [-0.2, 0) is 0 Å². The lowest BCUT2D eigenvalue weighted by Gasteiger charge is -2.36. The first kappa shape index (κ1) is 14.5. The maximum atomic E-state index is 4.76. The average molecular weight is 212 g/mol. The van der Waals surface area contributed by atoms with E-state index >= 15 is 0 Å². The standard InChI is InChI=1S/C13H28N2/c1-9(2)13(14-10(3)4)15(11(5)6)12(7)8/h9-12H,1-8H3. The molecule has 0 aliphatic heterocycles. The molecule has 0 saturated heterocycles. The predicted octanol–water partition coefficient (Wildman–Crippen LogP) is 3.57. The lowest BCUT2D eigenvalue weighted by atomic mass is 10.1. The second kappa shape index (κ2) is 6.14. The molecule has 0 rings (SSSR count). The minimum atomic E-state index is 0.377. The van der Waals surface area contributed by atoms with Gasteiger partial charge in [0.25, 0.3) is 0 Å². The SMILES string of the molecule is CC(C)N=C(C(C)C)N(C(C)C)C(C)C. The highest BCUT2D eigenvalue weighted by Crippen LogP contribution is 2.13. The monoisotopic (exact) mass is 212 g/mol. The highest BCUT2D eigenvalue weighted by atomic mass is 15.2. The van der Waals surface area contributed by atoms with E-state index in [1.54, 1.807) is 0 Å². The van der Waals surface area contributed by atoms with Crippen LogP contribution in [0.2, 0.25) is 0 Å². The maximum absolute atomic E-state index is 4.76. The minimum Gasteiger partial charge on any atom is -0.355 e. The molecule has 0 fully saturated rings. The zero-order chi connectivity index (χ0) is 12.2. The number of aliphatic imine (C=N–C) groups is 1. The van der Waals surface area contributed by atoms with Crippen LogP contribution in [0.25, 0.3) is 0 Å². The molecule has 0 unspecified atom stereocenters. The Balaban J connectivity index is 5.02. The normalized spacial score (nSPS) is 13.5. The van der Waals surface area contributed by atoms with Gasteiger partial charge in [-0.1, -0.05) is 13.8 Å². The fourth-order valence-electron chi connectivity index (χ4n) is 1.90. The highest BCUT2D eigenvalue weighted by Gasteiger charge is 2.20. The summed E-state index contributed by atoms with van der Waals surface area (Å²) < 4.78 is 0. The van der Waals surface area contributed by atoms with Gasteiger partial charge in [-0.2, -0.15) is 0 Å². The first-order valence-corrected chi connectivity index (χ1v) is 6.13. The molecule has 2 heteroatoms. The number of nitrogens with zero attached hydrogens (tertiary/aromatic N) is 2. The van der Waals surface area contributed by atoms with Gasteiger partial charge in [0.2, 0.25) is 0 Å². The summed E-state index contributed by atoms with van der Waals surface area (Å²) in [5.74, 6) is 1.74. The summed E-state index contributed by atoms with van der Waals surface area (Å²) in [7, 11) is 0. The Morgan fingerprint density at radius 3 is 1.40 bits per heavy atom. The molecule has 0 radical (unpaired) electrons. The van der Waals surface area contributed by atoms with Crippen LogP contribution in [0.4, 0.5) is 0 Å². The topological polar surface area (TPSA) is 15.6 Å². The molecule has 0 spiro atoms. The second-order valence-corrected chi connectivity index (χ2v) is 5.33. The van der Waals surface area contributed by atoms with Crippen molar-refractivity contribution in [2.45, 2.75) is 73.5 Å². The van der Waals surface area contributed by atoms with E-state index < -0.39 is 0 Å². The number of rotatable bonds is 4. The Morgan fingerprint density at radius 1 is 0.800 bits per heavy atom. The van der Waals surface area contributed by atoms with Crippen LogP contribution in [0.15, 0.2) is 4.99 Å². The zero-order valence-electron chi connectivity index (χ0n) is 11.7. The molecule has 0 amide bonds. The van der Waals surface area contributed by atoms with Gasteiger partial charge in [0.15, 0.2) is 0 Å². The van der Waals surface area contributed by atoms with Crippen LogP contribution in [0.5, 0.6) is 0 Å². The van der Waals surface area contributed by atoms with Gasteiger partial charge in [0.1, 0.15) is 5.84 Å². The molecule has 0 aliphatic rings. The van der Waals surface area contributed by atoms with Gasteiger partial charge in [0.05, 0.1) is 0 Å². The third kappa shape index (κ3) is 4.67. The molecule has 0 atom stereocenters. The molecule has 0 aromatic heterocycles. The number of amidine groups is 1. The molecule has 0 aliphatic carbocycles. The lowest BCUT2D eigenvalue weighted by Crippen LogP contribution is -2.44. The largest absolute Gasteiger partial charge is 0.355 e. The van der Waals surface area contributed by atoms with Crippen molar-refractivity contribution in [2.75, 3.05) is 0 Å². The molecule has 0 N–H and O–H groups in total. The van der Waals surface area contributed by atoms with Gasteiger partial charge < -0.3 is 4.90 Å². The van der Waals surface area contributed by atoms with E-state index in [0.717, 1.165) is 0 Å². The molecule has 0 aromatic rings. The zero-order valence-corrected chi connectivity index (χ0v) is 11.7. The smallest absolute Gasteiger partial charge is 0.102 e. The number of hydrogen-bond acceptors (Lipinski definition) is 1. The van der Waals surface area contributed by atoms with Crippen molar-refractivity contribution in [3.05, 3.63) is 0 Å². The van der Waals surface area contributed by atoms with Crippen LogP contribution in [0.1, 0.15) is 55.4 Å². The highest BCUT2D eigenvalue weighted by molar-refractivity contribution is 5.84. The van der Waals surface area contributed by atoms with Crippen molar-refractivity contribution in [1.82, 2.24) is 4.90 Å². The Morgan fingerprint density at radius 2 is 1.20 bits per heavy atom. The van der Waals surface area contributed by atoms with Crippen LogP contribution in [0, 0.1) is 5.92 Å². The van der Waals surface area contributed by atoms with E-state index in [-0.39, 0.29) is 0 Å². The molecular weight excluding hydrogens is 184 g/mol. The second-order valence-electron chi connectivity index (χ2n) is 5.33. The van der Waals surface area contributed by atoms with Crippen molar-refractivity contribution >= 4 is 5.84 Å². The van der Waals surface area contributed by atoms with E-state index in [4.69, 9.17) is 4.99 Å². The average Bonchev–Trinajstić information content (AvgIpc) is 2.00. The molecule has 0 saturated carbocycles. The van der Waals surface area contributed by atoms with Crippen LogP contribution in [-0.4, -0.2) is 28.9 Å². The quantitative estimate of drug-likeness (QED) is 0.514. The van der Waals surface area contributed by atoms with Gasteiger partial charge in [-0.25, -0.2) is 0 Å². The van der Waals surface area contributed by atoms with E-state index in [2.05, 4.69) is 60.3 Å². The Bertz CT molecular complexity index is 195. The van der Waals surface area contributed by atoms with E-state index in [9.17, 15) is 0 Å². The summed E-state index contributed by atoms with van der Waals surface area (Å²) in [6, 6.07) is 1.41. The van der Waals surface area contributed by atoms with E-state index in [1.165, 1.54) is 5.84 Å². The van der Waals surface area contributed by atoms with Gasteiger partial charge in [-0.05, 0) is 41.5 Å². The lowest BCUT2D eigenvalue weighted by molar-refractivity contribution is 0.278. The third-order valence-corrected chi connectivity index (χ3v) is 2.28. The van der Waals surface area contributed by atoms with E-state index in [0.29, 0.717) is 24.0 Å². The summed E-state index contributed by atoms with van der Waals surface area (Å²) in [6.45, 7) is 17.7. The molecular formula is C13H28N2. The van der Waals surface area contributed by atoms with Crippen molar-refractivity contribution in [3.63, 3.8) is 0 Å². The molecule has 2 nitrogen and oxygen atoms in total. The summed E-state index contributed by atoms with van der Waals surface area (Å²) in [5, 5.41) is 0. The van der Waals surface area contributed by atoms with Gasteiger partial charge in [0, 0.05) is 24.0 Å². The molecule has 0 heterocycles.